The largest absolute Gasteiger partial charge is 0.342 e. The third kappa shape index (κ3) is 4.14. The van der Waals surface area contributed by atoms with Gasteiger partial charge in [0.1, 0.15) is 6.54 Å². The van der Waals surface area contributed by atoms with E-state index in [1.54, 1.807) is 46.2 Å². The fourth-order valence-electron chi connectivity index (χ4n) is 2.41. The molecule has 0 saturated carbocycles. The molecule has 0 bridgehead atoms. The summed E-state index contributed by atoms with van der Waals surface area (Å²) in [7, 11) is -3.59. The van der Waals surface area contributed by atoms with Gasteiger partial charge < -0.3 is 4.90 Å². The number of rotatable bonds is 7. The third-order valence-corrected chi connectivity index (χ3v) is 4.82. The van der Waals surface area contributed by atoms with Gasteiger partial charge in [-0.2, -0.15) is 5.10 Å². The van der Waals surface area contributed by atoms with E-state index in [1.165, 1.54) is 0 Å². The first-order valence-corrected chi connectivity index (χ1v) is 9.57. The number of amides is 1. The highest BCUT2D eigenvalue weighted by atomic mass is 32.2. The number of carbonyl (C=O) groups excluding carboxylic acids is 1. The van der Waals surface area contributed by atoms with Crippen molar-refractivity contribution in [2.75, 3.05) is 30.2 Å². The van der Waals surface area contributed by atoms with Crippen LogP contribution < -0.4 is 4.31 Å². The Bertz CT molecular complexity index is 783. The summed E-state index contributed by atoms with van der Waals surface area (Å²) in [6.45, 7) is 4.60. The number of hydrogen-bond donors (Lipinski definition) is 0. The summed E-state index contributed by atoms with van der Waals surface area (Å²) in [6, 6.07) is 8.72. The van der Waals surface area contributed by atoms with Crippen LogP contribution in [0, 0.1) is 0 Å². The number of benzene rings is 1. The van der Waals surface area contributed by atoms with Crippen molar-refractivity contribution < 1.29 is 13.2 Å². The molecular formula is C16H22N4O3S. The Balaban J connectivity index is 2.36. The quantitative estimate of drug-likeness (QED) is 0.758. The van der Waals surface area contributed by atoms with E-state index >= 15 is 0 Å². The maximum absolute atomic E-state index is 12.4. The molecule has 0 radical (unpaired) electrons. The van der Waals surface area contributed by atoms with Crippen molar-refractivity contribution in [3.8, 4) is 5.69 Å². The molecule has 8 heteroatoms. The molecule has 2 aromatic rings. The van der Waals surface area contributed by atoms with Gasteiger partial charge in [-0.15, -0.1) is 0 Å². The number of carbonyl (C=O) groups is 1. The summed E-state index contributed by atoms with van der Waals surface area (Å²) in [5.41, 5.74) is 1.16. The molecule has 0 aliphatic rings. The van der Waals surface area contributed by atoms with Gasteiger partial charge in [-0.25, -0.2) is 13.1 Å². The zero-order chi connectivity index (χ0) is 17.7. The van der Waals surface area contributed by atoms with E-state index in [0.29, 0.717) is 18.8 Å². The molecule has 0 aliphatic carbocycles. The molecule has 24 heavy (non-hydrogen) atoms. The van der Waals surface area contributed by atoms with Crippen LogP contribution in [0.3, 0.4) is 0 Å². The molecule has 0 fully saturated rings. The SMILES string of the molecule is CCN(CC)C(=O)CN(c1cccc(-n2cccn2)c1)S(C)(=O)=O. The molecule has 1 heterocycles. The highest BCUT2D eigenvalue weighted by molar-refractivity contribution is 7.92. The first-order valence-electron chi connectivity index (χ1n) is 7.72. The molecule has 7 nitrogen and oxygen atoms in total. The van der Waals surface area contributed by atoms with Gasteiger partial charge >= 0.3 is 0 Å². The number of aromatic nitrogens is 2. The lowest BCUT2D eigenvalue weighted by molar-refractivity contribution is -0.129. The minimum Gasteiger partial charge on any atom is -0.342 e. The summed E-state index contributed by atoms with van der Waals surface area (Å²) in [4.78, 5) is 14.0. The van der Waals surface area contributed by atoms with E-state index in [-0.39, 0.29) is 12.5 Å². The van der Waals surface area contributed by atoms with Crippen LogP contribution >= 0.6 is 0 Å². The first-order chi connectivity index (χ1) is 11.4. The number of likely N-dealkylation sites (N-methyl/N-ethyl adjacent to an activating group) is 1. The molecule has 1 aromatic heterocycles. The predicted molar refractivity (Wildman–Crippen MR) is 93.7 cm³/mol. The molecular weight excluding hydrogens is 328 g/mol. The lowest BCUT2D eigenvalue weighted by Crippen LogP contribution is -2.42. The normalized spacial score (nSPS) is 11.3. The van der Waals surface area contributed by atoms with Gasteiger partial charge in [-0.3, -0.25) is 9.10 Å². The summed E-state index contributed by atoms with van der Waals surface area (Å²) >= 11 is 0. The van der Waals surface area contributed by atoms with E-state index < -0.39 is 10.0 Å². The highest BCUT2D eigenvalue weighted by Crippen LogP contribution is 2.21. The van der Waals surface area contributed by atoms with Crippen molar-refractivity contribution in [1.29, 1.82) is 0 Å². The topological polar surface area (TPSA) is 75.5 Å². The van der Waals surface area contributed by atoms with Crippen molar-refractivity contribution in [2.24, 2.45) is 0 Å². The van der Waals surface area contributed by atoms with Crippen LogP contribution in [0.25, 0.3) is 5.69 Å². The van der Waals surface area contributed by atoms with Crippen molar-refractivity contribution in [2.45, 2.75) is 13.8 Å². The zero-order valence-corrected chi connectivity index (χ0v) is 14.9. The molecule has 0 N–H and O–H groups in total. The Morgan fingerprint density at radius 1 is 1.21 bits per heavy atom. The smallest absolute Gasteiger partial charge is 0.243 e. The minimum atomic E-state index is -3.59. The maximum atomic E-state index is 12.4. The molecule has 0 saturated heterocycles. The van der Waals surface area contributed by atoms with E-state index in [4.69, 9.17) is 0 Å². The maximum Gasteiger partial charge on any atom is 0.243 e. The molecule has 0 atom stereocenters. The minimum absolute atomic E-state index is 0.219. The standard InChI is InChI=1S/C16H22N4O3S/c1-4-18(5-2)16(21)13-20(24(3,22)23)15-9-6-8-14(12-15)19-11-7-10-17-19/h6-12H,4-5,13H2,1-3H3. The molecule has 130 valence electrons. The van der Waals surface area contributed by atoms with Gasteiger partial charge in [0.05, 0.1) is 17.6 Å². The van der Waals surface area contributed by atoms with Crippen molar-refractivity contribution in [1.82, 2.24) is 14.7 Å². The van der Waals surface area contributed by atoms with E-state index in [0.717, 1.165) is 16.2 Å². The number of hydrogen-bond acceptors (Lipinski definition) is 4. The Kier molecular flexibility index (Phi) is 5.61. The van der Waals surface area contributed by atoms with Gasteiger partial charge in [0, 0.05) is 25.5 Å². The van der Waals surface area contributed by atoms with E-state index in [1.807, 2.05) is 19.9 Å². The van der Waals surface area contributed by atoms with Crippen LogP contribution in [0.1, 0.15) is 13.8 Å². The summed E-state index contributed by atoms with van der Waals surface area (Å²) in [6.07, 6.45) is 4.51. The van der Waals surface area contributed by atoms with Gasteiger partial charge in [-0.1, -0.05) is 6.07 Å². The third-order valence-electron chi connectivity index (χ3n) is 3.68. The number of anilines is 1. The Morgan fingerprint density at radius 3 is 2.46 bits per heavy atom. The van der Waals surface area contributed by atoms with Crippen LogP contribution in [0.5, 0.6) is 0 Å². The fraction of sp³-hybridized carbons (Fsp3) is 0.375. The van der Waals surface area contributed by atoms with Crippen LogP contribution in [-0.4, -0.2) is 54.9 Å². The van der Waals surface area contributed by atoms with Gasteiger partial charge in [0.25, 0.3) is 0 Å². The molecule has 1 aromatic carbocycles. The average Bonchev–Trinajstić information content (AvgIpc) is 3.07. The van der Waals surface area contributed by atoms with Gasteiger partial charge in [0.15, 0.2) is 0 Å². The van der Waals surface area contributed by atoms with Gasteiger partial charge in [-0.05, 0) is 38.1 Å². The molecule has 0 aliphatic heterocycles. The van der Waals surface area contributed by atoms with Crippen molar-refractivity contribution >= 4 is 21.6 Å². The Hall–Kier alpha value is -2.35. The monoisotopic (exact) mass is 350 g/mol. The van der Waals surface area contributed by atoms with Crippen LogP contribution in [0.15, 0.2) is 42.7 Å². The lowest BCUT2D eigenvalue weighted by Gasteiger charge is -2.26. The average molecular weight is 350 g/mol. The summed E-state index contributed by atoms with van der Waals surface area (Å²) < 4.78 is 27.2. The summed E-state index contributed by atoms with van der Waals surface area (Å²) in [5.74, 6) is -0.227. The van der Waals surface area contributed by atoms with Crippen molar-refractivity contribution in [3.05, 3.63) is 42.7 Å². The molecule has 0 unspecified atom stereocenters. The Morgan fingerprint density at radius 2 is 1.92 bits per heavy atom. The molecule has 1 amide bonds. The highest BCUT2D eigenvalue weighted by Gasteiger charge is 2.23. The second kappa shape index (κ2) is 7.48. The van der Waals surface area contributed by atoms with E-state index in [2.05, 4.69) is 5.10 Å². The zero-order valence-electron chi connectivity index (χ0n) is 14.1. The number of nitrogens with zero attached hydrogens (tertiary/aromatic N) is 4. The molecule has 2 rings (SSSR count). The molecule has 0 spiro atoms. The van der Waals surface area contributed by atoms with Gasteiger partial charge in [0.2, 0.25) is 15.9 Å². The predicted octanol–water partition coefficient (Wildman–Crippen LogP) is 1.51. The lowest BCUT2D eigenvalue weighted by atomic mass is 10.2. The van der Waals surface area contributed by atoms with Crippen LogP contribution in [-0.2, 0) is 14.8 Å². The van der Waals surface area contributed by atoms with Crippen LogP contribution in [0.2, 0.25) is 0 Å². The van der Waals surface area contributed by atoms with Crippen LogP contribution in [0.4, 0.5) is 5.69 Å². The summed E-state index contributed by atoms with van der Waals surface area (Å²) in [5, 5.41) is 4.14. The fourth-order valence-corrected chi connectivity index (χ4v) is 3.25. The Labute approximate surface area is 142 Å². The first kappa shape index (κ1) is 18.0. The number of sulfonamides is 1. The van der Waals surface area contributed by atoms with Crippen molar-refractivity contribution in [3.63, 3.8) is 0 Å². The second-order valence-corrected chi connectivity index (χ2v) is 7.21. The second-order valence-electron chi connectivity index (χ2n) is 5.31. The van der Waals surface area contributed by atoms with E-state index in [9.17, 15) is 13.2 Å².